The lowest BCUT2D eigenvalue weighted by molar-refractivity contribution is 0.663. The van der Waals surface area contributed by atoms with Gasteiger partial charge in [0.2, 0.25) is 5.95 Å². The Kier molecular flexibility index (Phi) is 5.14. The van der Waals surface area contributed by atoms with Crippen LogP contribution in [0.15, 0.2) is 122 Å². The van der Waals surface area contributed by atoms with Crippen molar-refractivity contribution in [2.45, 2.75) is 19.3 Å². The molecular weight excluding hydrogens is 540 g/mol. The molecule has 8 aromatic rings. The highest BCUT2D eigenvalue weighted by Gasteiger charge is 2.41. The van der Waals surface area contributed by atoms with E-state index in [4.69, 9.17) is 24.9 Å². The van der Waals surface area contributed by atoms with Crippen molar-refractivity contribution in [3.05, 3.63) is 133 Å². The molecule has 1 aliphatic carbocycles. The van der Waals surface area contributed by atoms with Crippen molar-refractivity contribution in [1.29, 1.82) is 0 Å². The monoisotopic (exact) mass is 566 g/mol. The molecule has 0 atom stereocenters. The van der Waals surface area contributed by atoms with Gasteiger partial charge in [-0.2, -0.15) is 9.97 Å². The highest BCUT2D eigenvalue weighted by Crippen LogP contribution is 2.55. The lowest BCUT2D eigenvalue weighted by atomic mass is 9.81. The quantitative estimate of drug-likeness (QED) is 0.214. The summed E-state index contributed by atoms with van der Waals surface area (Å²) < 4.78 is 2.23. The Bertz CT molecular complexity index is 2350. The molecule has 0 spiro atoms. The highest BCUT2D eigenvalue weighted by molar-refractivity contribution is 6.24. The van der Waals surface area contributed by atoms with E-state index in [-0.39, 0.29) is 5.41 Å². The number of benzene rings is 5. The molecule has 0 amide bonds. The largest absolute Gasteiger partial charge is 0.277 e. The van der Waals surface area contributed by atoms with E-state index < -0.39 is 0 Å². The number of hydrogen-bond acceptors (Lipinski definition) is 5. The van der Waals surface area contributed by atoms with Gasteiger partial charge in [-0.15, -0.1) is 0 Å². The van der Waals surface area contributed by atoms with E-state index in [0.29, 0.717) is 17.6 Å². The molecule has 9 rings (SSSR count). The first-order valence-corrected chi connectivity index (χ1v) is 14.8. The number of aromatic nitrogens is 6. The first-order valence-electron chi connectivity index (χ1n) is 14.8. The van der Waals surface area contributed by atoms with Crippen LogP contribution in [0.3, 0.4) is 0 Å². The molecule has 0 saturated carbocycles. The second-order valence-corrected chi connectivity index (χ2v) is 11.8. The number of nitrogens with zero attached hydrogens (tertiary/aromatic N) is 6. The van der Waals surface area contributed by atoms with Crippen molar-refractivity contribution in [3.8, 4) is 39.9 Å². The highest BCUT2D eigenvalue weighted by atomic mass is 15.2. The predicted molar refractivity (Wildman–Crippen MR) is 176 cm³/mol. The Hall–Kier alpha value is -5.75. The van der Waals surface area contributed by atoms with Gasteiger partial charge in [-0.3, -0.25) is 14.5 Å². The van der Waals surface area contributed by atoms with Crippen LogP contribution in [0.25, 0.3) is 72.7 Å². The third-order valence-corrected chi connectivity index (χ3v) is 8.92. The van der Waals surface area contributed by atoms with Crippen LogP contribution in [-0.2, 0) is 5.41 Å². The molecule has 0 radical (unpaired) electrons. The van der Waals surface area contributed by atoms with Gasteiger partial charge < -0.3 is 0 Å². The molecule has 0 aliphatic heterocycles. The minimum Gasteiger partial charge on any atom is -0.277 e. The zero-order chi connectivity index (χ0) is 29.4. The normalized spacial score (nSPS) is 13.4. The summed E-state index contributed by atoms with van der Waals surface area (Å²) in [6.07, 6.45) is 3.59. The van der Waals surface area contributed by atoms with Crippen LogP contribution < -0.4 is 0 Å². The summed E-state index contributed by atoms with van der Waals surface area (Å²) in [5.74, 6) is 1.82. The van der Waals surface area contributed by atoms with E-state index in [0.717, 1.165) is 49.5 Å². The summed E-state index contributed by atoms with van der Waals surface area (Å²) in [5.41, 5.74) is 10.2. The number of fused-ring (bicyclic) bond motifs is 10. The molecule has 0 saturated heterocycles. The minimum absolute atomic E-state index is 0.306. The molecule has 0 unspecified atom stereocenters. The molecule has 5 aromatic carbocycles. The summed E-state index contributed by atoms with van der Waals surface area (Å²) in [5, 5.41) is 2.15. The van der Waals surface area contributed by atoms with E-state index in [9.17, 15) is 0 Å². The fourth-order valence-corrected chi connectivity index (χ4v) is 7.01. The van der Waals surface area contributed by atoms with Crippen molar-refractivity contribution in [2.24, 2.45) is 0 Å². The standard InChI is InChI=1S/C38H26N6/c1-38(2)27-19-11-9-17-25(27)29-31(38)34-30(33-32(29)39-21-22-40-33)26-18-10-12-20-28(26)44(34)37-42-35(23-13-5-3-6-14-23)41-36(43-37)24-15-7-4-8-16-24/h3-22H,1-2H3. The summed E-state index contributed by atoms with van der Waals surface area (Å²) in [6.45, 7) is 4.61. The second-order valence-electron chi connectivity index (χ2n) is 11.8. The first kappa shape index (κ1) is 24.8. The molecule has 3 aromatic heterocycles. The van der Waals surface area contributed by atoms with Gasteiger partial charge in [0.05, 0.1) is 22.1 Å². The Labute approximate surface area is 253 Å². The Morgan fingerprint density at radius 2 is 1.18 bits per heavy atom. The Morgan fingerprint density at radius 3 is 1.89 bits per heavy atom. The van der Waals surface area contributed by atoms with Crippen LogP contribution in [0.2, 0.25) is 0 Å². The van der Waals surface area contributed by atoms with Crippen LogP contribution in [0, 0.1) is 0 Å². The lowest BCUT2D eigenvalue weighted by Crippen LogP contribution is -2.17. The molecule has 1 aliphatic rings. The molecule has 0 N–H and O–H groups in total. The summed E-state index contributed by atoms with van der Waals surface area (Å²) in [7, 11) is 0. The number of para-hydroxylation sites is 1. The van der Waals surface area contributed by atoms with Crippen LogP contribution >= 0.6 is 0 Å². The van der Waals surface area contributed by atoms with Gasteiger partial charge in [0, 0.05) is 45.3 Å². The SMILES string of the molecule is CC1(C)c2ccccc2-c2c1c1c(c3ccccc3n1-c1nc(-c3ccccc3)nc(-c3ccccc3)n1)c1nccnc21. The maximum Gasteiger partial charge on any atom is 0.238 e. The minimum atomic E-state index is -0.306. The molecule has 0 bridgehead atoms. The lowest BCUT2D eigenvalue weighted by Gasteiger charge is -2.23. The van der Waals surface area contributed by atoms with E-state index in [1.54, 1.807) is 12.4 Å². The van der Waals surface area contributed by atoms with Gasteiger partial charge in [0.1, 0.15) is 0 Å². The van der Waals surface area contributed by atoms with Crippen LogP contribution in [0.5, 0.6) is 0 Å². The van der Waals surface area contributed by atoms with E-state index >= 15 is 0 Å². The summed E-state index contributed by atoms with van der Waals surface area (Å²) in [6, 6.07) is 37.4. The van der Waals surface area contributed by atoms with Gasteiger partial charge in [0.15, 0.2) is 11.6 Å². The van der Waals surface area contributed by atoms with Crippen molar-refractivity contribution in [2.75, 3.05) is 0 Å². The molecular formula is C38H26N6. The number of rotatable bonds is 3. The van der Waals surface area contributed by atoms with Crippen molar-refractivity contribution < 1.29 is 0 Å². The Balaban J connectivity index is 1.49. The predicted octanol–water partition coefficient (Wildman–Crippen LogP) is 8.55. The zero-order valence-corrected chi connectivity index (χ0v) is 24.2. The molecule has 0 fully saturated rings. The topological polar surface area (TPSA) is 69.4 Å². The van der Waals surface area contributed by atoms with Gasteiger partial charge in [-0.1, -0.05) is 117 Å². The molecule has 6 nitrogen and oxygen atoms in total. The van der Waals surface area contributed by atoms with Crippen molar-refractivity contribution >= 4 is 32.8 Å². The van der Waals surface area contributed by atoms with Gasteiger partial charge >= 0.3 is 0 Å². The van der Waals surface area contributed by atoms with Gasteiger partial charge in [-0.25, -0.2) is 4.98 Å². The van der Waals surface area contributed by atoms with Gasteiger partial charge in [-0.05, 0) is 22.8 Å². The fourth-order valence-electron chi connectivity index (χ4n) is 7.01. The zero-order valence-electron chi connectivity index (χ0n) is 24.2. The summed E-state index contributed by atoms with van der Waals surface area (Å²) in [4.78, 5) is 25.2. The molecule has 208 valence electrons. The van der Waals surface area contributed by atoms with E-state index in [1.807, 2.05) is 60.7 Å². The third kappa shape index (κ3) is 3.39. The molecule has 44 heavy (non-hydrogen) atoms. The number of hydrogen-bond donors (Lipinski definition) is 0. The van der Waals surface area contributed by atoms with Crippen LogP contribution in [0.4, 0.5) is 0 Å². The van der Waals surface area contributed by atoms with E-state index in [2.05, 4.69) is 66.9 Å². The summed E-state index contributed by atoms with van der Waals surface area (Å²) >= 11 is 0. The van der Waals surface area contributed by atoms with Crippen LogP contribution in [-0.4, -0.2) is 29.5 Å². The van der Waals surface area contributed by atoms with Crippen molar-refractivity contribution in [1.82, 2.24) is 29.5 Å². The van der Waals surface area contributed by atoms with Crippen LogP contribution in [0.1, 0.15) is 25.0 Å². The maximum atomic E-state index is 5.18. The maximum absolute atomic E-state index is 5.18. The smallest absolute Gasteiger partial charge is 0.238 e. The average Bonchev–Trinajstić information content (AvgIpc) is 3.55. The molecule has 3 heterocycles. The van der Waals surface area contributed by atoms with E-state index in [1.165, 1.54) is 16.7 Å². The van der Waals surface area contributed by atoms with Gasteiger partial charge in [0.25, 0.3) is 0 Å². The fraction of sp³-hybridized carbons (Fsp3) is 0.0789. The second kappa shape index (κ2) is 9.12. The van der Waals surface area contributed by atoms with Crippen molar-refractivity contribution in [3.63, 3.8) is 0 Å². The molecule has 6 heteroatoms. The average molecular weight is 567 g/mol. The Morgan fingerprint density at radius 1 is 0.591 bits per heavy atom. The third-order valence-electron chi connectivity index (χ3n) is 8.92. The first-order chi connectivity index (χ1) is 21.6.